The van der Waals surface area contributed by atoms with Crippen molar-refractivity contribution in [2.75, 3.05) is 5.32 Å². The van der Waals surface area contributed by atoms with Crippen molar-refractivity contribution in [1.29, 1.82) is 0 Å². The van der Waals surface area contributed by atoms with Gasteiger partial charge in [-0.05, 0) is 30.9 Å². The number of nitrogens with one attached hydrogen (secondary N) is 2. The quantitative estimate of drug-likeness (QED) is 0.877. The number of rotatable bonds is 2. The van der Waals surface area contributed by atoms with Crippen LogP contribution in [0, 0.1) is 13.8 Å². The Balaban J connectivity index is 2.33. The summed E-state index contributed by atoms with van der Waals surface area (Å²) >= 11 is 0. The Hall–Kier alpha value is -2.10. The molecule has 0 bridgehead atoms. The number of hydrogen-bond donors (Lipinski definition) is 2. The molecule has 0 atom stereocenters. The highest BCUT2D eigenvalue weighted by molar-refractivity contribution is 6.05. The molecule has 0 unspecified atom stereocenters. The molecule has 4 heteroatoms. The summed E-state index contributed by atoms with van der Waals surface area (Å²) in [5.41, 5.74) is 3.57. The largest absolute Gasteiger partial charge is 0.305 e. The molecule has 2 N–H and O–H groups in total. The van der Waals surface area contributed by atoms with Crippen molar-refractivity contribution in [2.45, 2.75) is 40.0 Å². The van der Waals surface area contributed by atoms with Gasteiger partial charge in [0.25, 0.3) is 5.91 Å². The Morgan fingerprint density at radius 2 is 1.85 bits per heavy atom. The Morgan fingerprint density at radius 1 is 1.20 bits per heavy atom. The van der Waals surface area contributed by atoms with Crippen LogP contribution in [0.1, 0.15) is 48.0 Å². The minimum Gasteiger partial charge on any atom is -0.305 e. The van der Waals surface area contributed by atoms with Crippen LogP contribution in [-0.2, 0) is 5.41 Å². The van der Waals surface area contributed by atoms with E-state index in [9.17, 15) is 4.79 Å². The molecule has 0 saturated carbocycles. The van der Waals surface area contributed by atoms with Gasteiger partial charge in [-0.15, -0.1) is 0 Å². The summed E-state index contributed by atoms with van der Waals surface area (Å²) in [7, 11) is 0. The van der Waals surface area contributed by atoms with Crippen LogP contribution in [0.2, 0.25) is 0 Å². The average molecular weight is 271 g/mol. The Kier molecular flexibility index (Phi) is 3.66. The summed E-state index contributed by atoms with van der Waals surface area (Å²) in [4.78, 5) is 12.5. The van der Waals surface area contributed by atoms with Crippen molar-refractivity contribution >= 4 is 11.7 Å². The molecule has 0 spiro atoms. The van der Waals surface area contributed by atoms with E-state index in [2.05, 4.69) is 36.3 Å². The summed E-state index contributed by atoms with van der Waals surface area (Å²) in [5, 5.41) is 9.87. The maximum absolute atomic E-state index is 12.5. The fourth-order valence-corrected chi connectivity index (χ4v) is 2.12. The SMILES string of the molecule is Cc1[nH]nc(NC(=O)c2ccccc2C(C)(C)C)c1C. The zero-order valence-electron chi connectivity index (χ0n) is 12.7. The Morgan fingerprint density at radius 3 is 2.40 bits per heavy atom. The fourth-order valence-electron chi connectivity index (χ4n) is 2.12. The van der Waals surface area contributed by atoms with Gasteiger partial charge < -0.3 is 5.32 Å². The second-order valence-corrected chi connectivity index (χ2v) is 6.07. The number of nitrogens with zero attached hydrogens (tertiary/aromatic N) is 1. The molecule has 4 nitrogen and oxygen atoms in total. The van der Waals surface area contributed by atoms with E-state index in [0.717, 1.165) is 16.8 Å². The summed E-state index contributed by atoms with van der Waals surface area (Å²) in [5.74, 6) is 0.473. The van der Waals surface area contributed by atoms with Gasteiger partial charge in [0.15, 0.2) is 5.82 Å². The second-order valence-electron chi connectivity index (χ2n) is 6.07. The molecule has 0 aliphatic carbocycles. The maximum atomic E-state index is 12.5. The van der Waals surface area contributed by atoms with Crippen molar-refractivity contribution in [3.8, 4) is 0 Å². The van der Waals surface area contributed by atoms with Crippen molar-refractivity contribution in [3.63, 3.8) is 0 Å². The number of aryl methyl sites for hydroxylation is 1. The molecule has 0 radical (unpaired) electrons. The molecule has 0 aliphatic heterocycles. The first-order valence-electron chi connectivity index (χ1n) is 6.73. The van der Waals surface area contributed by atoms with Crippen LogP contribution in [0.4, 0.5) is 5.82 Å². The van der Waals surface area contributed by atoms with Gasteiger partial charge in [-0.2, -0.15) is 5.10 Å². The lowest BCUT2D eigenvalue weighted by molar-refractivity contribution is 0.102. The van der Waals surface area contributed by atoms with Crippen LogP contribution < -0.4 is 5.32 Å². The van der Waals surface area contributed by atoms with Crippen LogP contribution in [0.5, 0.6) is 0 Å². The normalized spacial score (nSPS) is 11.4. The Bertz CT molecular complexity index is 635. The number of carbonyl (C=O) groups is 1. The first-order chi connectivity index (χ1) is 9.30. The number of benzene rings is 1. The van der Waals surface area contributed by atoms with E-state index >= 15 is 0 Å². The molecule has 1 aromatic carbocycles. The minimum absolute atomic E-state index is 0.0789. The first-order valence-corrected chi connectivity index (χ1v) is 6.73. The molecular formula is C16H21N3O. The molecule has 0 fully saturated rings. The summed E-state index contributed by atoms with van der Waals surface area (Å²) in [6, 6.07) is 7.69. The molecule has 0 saturated heterocycles. The van der Waals surface area contributed by atoms with Crippen LogP contribution >= 0.6 is 0 Å². The van der Waals surface area contributed by atoms with Crippen LogP contribution in [0.3, 0.4) is 0 Å². The van der Waals surface area contributed by atoms with Gasteiger partial charge in [-0.25, -0.2) is 0 Å². The van der Waals surface area contributed by atoms with E-state index in [4.69, 9.17) is 0 Å². The third-order valence-electron chi connectivity index (χ3n) is 3.46. The highest BCUT2D eigenvalue weighted by Gasteiger charge is 2.22. The van der Waals surface area contributed by atoms with Gasteiger partial charge in [0.05, 0.1) is 0 Å². The topological polar surface area (TPSA) is 57.8 Å². The molecular weight excluding hydrogens is 250 g/mol. The lowest BCUT2D eigenvalue weighted by Crippen LogP contribution is -2.21. The summed E-state index contributed by atoms with van der Waals surface area (Å²) in [6.07, 6.45) is 0. The number of aromatic nitrogens is 2. The lowest BCUT2D eigenvalue weighted by atomic mass is 9.83. The van der Waals surface area contributed by atoms with Crippen LogP contribution in [-0.4, -0.2) is 16.1 Å². The van der Waals surface area contributed by atoms with Gasteiger partial charge in [0, 0.05) is 16.8 Å². The van der Waals surface area contributed by atoms with Crippen molar-refractivity contribution in [3.05, 3.63) is 46.6 Å². The third-order valence-corrected chi connectivity index (χ3v) is 3.46. The number of H-pyrrole nitrogens is 1. The van der Waals surface area contributed by atoms with Gasteiger partial charge in [-0.3, -0.25) is 9.89 Å². The monoisotopic (exact) mass is 271 g/mol. The zero-order valence-corrected chi connectivity index (χ0v) is 12.7. The predicted octanol–water partition coefficient (Wildman–Crippen LogP) is 3.58. The third kappa shape index (κ3) is 2.74. The number of amides is 1. The minimum atomic E-state index is -0.120. The highest BCUT2D eigenvalue weighted by atomic mass is 16.1. The van der Waals surface area contributed by atoms with Crippen molar-refractivity contribution in [2.24, 2.45) is 0 Å². The van der Waals surface area contributed by atoms with Gasteiger partial charge >= 0.3 is 0 Å². The van der Waals surface area contributed by atoms with Crippen molar-refractivity contribution < 1.29 is 4.79 Å². The number of hydrogen-bond acceptors (Lipinski definition) is 2. The fraction of sp³-hybridized carbons (Fsp3) is 0.375. The van der Waals surface area contributed by atoms with E-state index in [-0.39, 0.29) is 11.3 Å². The van der Waals surface area contributed by atoms with Gasteiger partial charge in [-0.1, -0.05) is 39.0 Å². The molecule has 20 heavy (non-hydrogen) atoms. The average Bonchev–Trinajstić information content (AvgIpc) is 2.70. The molecule has 2 aromatic rings. The van der Waals surface area contributed by atoms with Gasteiger partial charge in [0.1, 0.15) is 0 Å². The standard InChI is InChI=1S/C16H21N3O/c1-10-11(2)18-19-14(10)17-15(20)12-8-6-7-9-13(12)16(3,4)5/h6-9H,1-5H3,(H2,17,18,19,20). The van der Waals surface area contributed by atoms with E-state index in [0.29, 0.717) is 11.4 Å². The second kappa shape index (κ2) is 5.12. The predicted molar refractivity (Wildman–Crippen MR) is 81.2 cm³/mol. The van der Waals surface area contributed by atoms with Gasteiger partial charge in [0.2, 0.25) is 0 Å². The molecule has 0 aliphatic rings. The van der Waals surface area contributed by atoms with E-state index in [1.165, 1.54) is 0 Å². The first kappa shape index (κ1) is 14.3. The molecule has 1 heterocycles. The van der Waals surface area contributed by atoms with E-state index in [1.54, 1.807) is 0 Å². The number of anilines is 1. The summed E-state index contributed by atoms with van der Waals surface area (Å²) in [6.45, 7) is 10.2. The lowest BCUT2D eigenvalue weighted by Gasteiger charge is -2.22. The molecule has 1 amide bonds. The number of aromatic amines is 1. The number of carbonyl (C=O) groups excluding carboxylic acids is 1. The van der Waals surface area contributed by atoms with Crippen molar-refractivity contribution in [1.82, 2.24) is 10.2 Å². The van der Waals surface area contributed by atoms with Crippen LogP contribution in [0.15, 0.2) is 24.3 Å². The van der Waals surface area contributed by atoms with E-state index < -0.39 is 0 Å². The maximum Gasteiger partial charge on any atom is 0.257 e. The molecule has 106 valence electrons. The smallest absolute Gasteiger partial charge is 0.257 e. The summed E-state index contributed by atoms with van der Waals surface area (Å²) < 4.78 is 0. The highest BCUT2D eigenvalue weighted by Crippen LogP contribution is 2.26. The van der Waals surface area contributed by atoms with Crippen LogP contribution in [0.25, 0.3) is 0 Å². The zero-order chi connectivity index (χ0) is 14.9. The molecule has 2 rings (SSSR count). The molecule has 1 aromatic heterocycles. The Labute approximate surface area is 119 Å². The van der Waals surface area contributed by atoms with E-state index in [1.807, 2.05) is 38.1 Å².